The normalized spacial score (nSPS) is 25.8. The molecule has 1 heterocycles. The Balaban J connectivity index is 1.11. The van der Waals surface area contributed by atoms with Crippen LogP contribution in [0.15, 0.2) is 58.4 Å². The Hall–Kier alpha value is -2.71. The van der Waals surface area contributed by atoms with E-state index < -0.39 is 10.0 Å². The van der Waals surface area contributed by atoms with Gasteiger partial charge in [-0.25, -0.2) is 13.1 Å². The number of hydrogen-bond donors (Lipinski definition) is 2. The van der Waals surface area contributed by atoms with E-state index in [9.17, 15) is 13.2 Å². The van der Waals surface area contributed by atoms with Gasteiger partial charge in [0.1, 0.15) is 11.6 Å². The highest BCUT2D eigenvalue weighted by atomic mass is 32.2. The Bertz CT molecular complexity index is 1200. The highest BCUT2D eigenvalue weighted by Gasteiger charge is 2.36. The molecule has 35 heavy (non-hydrogen) atoms. The number of ether oxygens (including phenoxy) is 1. The summed E-state index contributed by atoms with van der Waals surface area (Å²) in [6, 6.07) is 15.0. The van der Waals surface area contributed by atoms with Crippen LogP contribution in [0.1, 0.15) is 55.6 Å². The van der Waals surface area contributed by atoms with E-state index in [1.165, 1.54) is 11.1 Å². The Kier molecular flexibility index (Phi) is 6.93. The van der Waals surface area contributed by atoms with Gasteiger partial charge in [0.25, 0.3) is 0 Å². The Labute approximate surface area is 207 Å². The van der Waals surface area contributed by atoms with Crippen LogP contribution >= 0.6 is 0 Å². The first-order chi connectivity index (χ1) is 16.9. The van der Waals surface area contributed by atoms with Crippen molar-refractivity contribution in [2.45, 2.75) is 61.8 Å². The number of fused-ring (bicyclic) bond motifs is 3. The maximum atomic E-state index is 13.0. The molecule has 2 aliphatic carbocycles. The van der Waals surface area contributed by atoms with E-state index in [0.717, 1.165) is 56.5 Å². The highest BCUT2D eigenvalue weighted by Crippen LogP contribution is 2.41. The predicted octanol–water partition coefficient (Wildman–Crippen LogP) is 3.80. The third-order valence-electron chi connectivity index (χ3n) is 7.76. The molecule has 1 fully saturated rings. The third-order valence-corrected chi connectivity index (χ3v) is 9.20. The molecule has 1 saturated carbocycles. The standard InChI is InChI=1S/C27H33N3O4S/c1-34-21-12-13-23-20(15-21)11-14-25-24(23)16-26(29-25)30-27(31)19-9-7-18(8-10-19)17-28-35(32,33)22-5-3-2-4-6-22/h2-6,12-13,15,18-19,24-25,28H,7-11,14,16-17H2,1H3,(H,29,30,31)/t18?,19?,24-,25+/m1/s1. The van der Waals surface area contributed by atoms with Crippen LogP contribution < -0.4 is 14.8 Å². The summed E-state index contributed by atoms with van der Waals surface area (Å²) in [5.41, 5.74) is 2.66. The van der Waals surface area contributed by atoms with E-state index >= 15 is 0 Å². The fourth-order valence-electron chi connectivity index (χ4n) is 5.73. The average molecular weight is 496 g/mol. The van der Waals surface area contributed by atoms with Crippen LogP contribution in [0.4, 0.5) is 0 Å². The van der Waals surface area contributed by atoms with Crippen molar-refractivity contribution in [3.63, 3.8) is 0 Å². The number of sulfonamides is 1. The van der Waals surface area contributed by atoms with Crippen molar-refractivity contribution >= 4 is 21.8 Å². The van der Waals surface area contributed by atoms with Crippen LogP contribution in [0.3, 0.4) is 0 Å². The van der Waals surface area contributed by atoms with Gasteiger partial charge in [0, 0.05) is 24.8 Å². The van der Waals surface area contributed by atoms with Crippen molar-refractivity contribution in [2.75, 3.05) is 13.7 Å². The second kappa shape index (κ2) is 10.1. The Morgan fingerprint density at radius 2 is 1.83 bits per heavy atom. The van der Waals surface area contributed by atoms with E-state index in [1.54, 1.807) is 37.4 Å². The maximum Gasteiger partial charge on any atom is 0.240 e. The molecule has 2 aromatic carbocycles. The summed E-state index contributed by atoms with van der Waals surface area (Å²) >= 11 is 0. The minimum absolute atomic E-state index is 0.0427. The molecule has 0 spiro atoms. The number of carbonyl (C=O) groups is 1. The van der Waals surface area contributed by atoms with Crippen molar-refractivity contribution < 1.29 is 17.9 Å². The molecule has 3 aliphatic rings. The van der Waals surface area contributed by atoms with E-state index in [0.29, 0.717) is 12.5 Å². The number of hydrogen-bond acceptors (Lipinski definition) is 5. The van der Waals surface area contributed by atoms with E-state index in [1.807, 2.05) is 6.07 Å². The van der Waals surface area contributed by atoms with Crippen molar-refractivity contribution in [2.24, 2.45) is 16.8 Å². The molecule has 2 N–H and O–H groups in total. The second-order valence-electron chi connectivity index (χ2n) is 9.93. The van der Waals surface area contributed by atoms with E-state index in [2.05, 4.69) is 22.2 Å². The summed E-state index contributed by atoms with van der Waals surface area (Å²) in [4.78, 5) is 18.1. The lowest BCUT2D eigenvalue weighted by molar-refractivity contribution is -0.124. The lowest BCUT2D eigenvalue weighted by Gasteiger charge is -2.28. The van der Waals surface area contributed by atoms with Gasteiger partial charge in [0.05, 0.1) is 18.0 Å². The summed E-state index contributed by atoms with van der Waals surface area (Å²) in [6.45, 7) is 0.409. The van der Waals surface area contributed by atoms with Crippen molar-refractivity contribution in [1.29, 1.82) is 0 Å². The zero-order valence-corrected chi connectivity index (χ0v) is 20.9. The molecule has 1 amide bonds. The zero-order chi connectivity index (χ0) is 24.4. The quantitative estimate of drug-likeness (QED) is 0.637. The Morgan fingerprint density at radius 1 is 1.06 bits per heavy atom. The van der Waals surface area contributed by atoms with E-state index in [-0.39, 0.29) is 28.7 Å². The minimum Gasteiger partial charge on any atom is -0.497 e. The smallest absolute Gasteiger partial charge is 0.240 e. The molecule has 5 rings (SSSR count). The predicted molar refractivity (Wildman–Crippen MR) is 135 cm³/mol. The fourth-order valence-corrected chi connectivity index (χ4v) is 6.86. The largest absolute Gasteiger partial charge is 0.497 e. The zero-order valence-electron chi connectivity index (χ0n) is 20.1. The van der Waals surface area contributed by atoms with Crippen LogP contribution in [0.5, 0.6) is 5.75 Å². The van der Waals surface area contributed by atoms with Gasteiger partial charge in [-0.3, -0.25) is 9.79 Å². The highest BCUT2D eigenvalue weighted by molar-refractivity contribution is 7.89. The summed E-state index contributed by atoms with van der Waals surface area (Å²) in [5, 5.41) is 3.13. The van der Waals surface area contributed by atoms with Gasteiger partial charge in [0.15, 0.2) is 0 Å². The van der Waals surface area contributed by atoms with E-state index in [4.69, 9.17) is 9.73 Å². The maximum absolute atomic E-state index is 13.0. The molecule has 0 radical (unpaired) electrons. The first-order valence-corrected chi connectivity index (χ1v) is 14.0. The SMILES string of the molecule is COc1ccc2c(c1)CC[C@@H]1N=C(NC(=O)C3CCC(CNS(=O)(=O)c4ccccc4)CC3)C[C@H]21. The van der Waals surface area contributed by atoms with Crippen molar-refractivity contribution in [3.05, 3.63) is 59.7 Å². The number of amidine groups is 1. The third kappa shape index (κ3) is 5.28. The lowest BCUT2D eigenvalue weighted by Crippen LogP contribution is -2.38. The molecule has 186 valence electrons. The first-order valence-electron chi connectivity index (χ1n) is 12.5. The number of carbonyl (C=O) groups excluding carboxylic acids is 1. The van der Waals surface area contributed by atoms with Crippen LogP contribution in [0, 0.1) is 11.8 Å². The molecule has 0 bridgehead atoms. The van der Waals surface area contributed by atoms with Gasteiger partial charge in [0.2, 0.25) is 15.9 Å². The molecule has 0 saturated heterocycles. The van der Waals surface area contributed by atoms with Crippen LogP contribution in [-0.4, -0.2) is 39.9 Å². The number of aryl methyl sites for hydroxylation is 1. The van der Waals surface area contributed by atoms with Gasteiger partial charge in [-0.1, -0.05) is 24.3 Å². The number of aliphatic imine (C=N–C) groups is 1. The van der Waals surface area contributed by atoms with Crippen molar-refractivity contribution in [1.82, 2.24) is 10.0 Å². The monoisotopic (exact) mass is 495 g/mol. The van der Waals surface area contributed by atoms with Crippen LogP contribution in [0.2, 0.25) is 0 Å². The number of nitrogens with zero attached hydrogens (tertiary/aromatic N) is 1. The molecular formula is C27H33N3O4S. The molecule has 0 aromatic heterocycles. The number of amides is 1. The molecule has 1 aliphatic heterocycles. The summed E-state index contributed by atoms with van der Waals surface area (Å²) < 4.78 is 33.0. The number of rotatable bonds is 6. The van der Waals surface area contributed by atoms with Gasteiger partial charge >= 0.3 is 0 Å². The number of nitrogens with one attached hydrogen (secondary N) is 2. The minimum atomic E-state index is -3.49. The van der Waals surface area contributed by atoms with Crippen molar-refractivity contribution in [3.8, 4) is 5.75 Å². The molecule has 2 atom stereocenters. The van der Waals surface area contributed by atoms with Gasteiger partial charge in [-0.2, -0.15) is 0 Å². The van der Waals surface area contributed by atoms with Crippen LogP contribution in [0.25, 0.3) is 0 Å². The number of benzene rings is 2. The molecule has 2 aromatic rings. The second-order valence-corrected chi connectivity index (χ2v) is 11.7. The number of methoxy groups -OCH3 is 1. The molecule has 0 unspecified atom stereocenters. The summed E-state index contributed by atoms with van der Waals surface area (Å²) in [6.07, 6.45) is 5.96. The summed E-state index contributed by atoms with van der Waals surface area (Å²) in [7, 11) is -1.80. The van der Waals surface area contributed by atoms with Gasteiger partial charge in [-0.15, -0.1) is 0 Å². The van der Waals surface area contributed by atoms with Crippen LogP contribution in [-0.2, 0) is 21.2 Å². The first kappa shape index (κ1) is 24.0. The molecule has 8 heteroatoms. The summed E-state index contributed by atoms with van der Waals surface area (Å²) in [5.74, 6) is 2.29. The Morgan fingerprint density at radius 3 is 2.57 bits per heavy atom. The van der Waals surface area contributed by atoms with Gasteiger partial charge in [-0.05, 0) is 79.8 Å². The lowest BCUT2D eigenvalue weighted by atomic mass is 9.79. The molecule has 7 nitrogen and oxygen atoms in total. The fraction of sp³-hybridized carbons (Fsp3) is 0.481. The average Bonchev–Trinajstić information content (AvgIpc) is 3.31. The van der Waals surface area contributed by atoms with Gasteiger partial charge < -0.3 is 10.1 Å². The topological polar surface area (TPSA) is 96.9 Å². The molecular weight excluding hydrogens is 462 g/mol.